The van der Waals surface area contributed by atoms with Gasteiger partial charge in [-0.3, -0.25) is 4.90 Å². The third kappa shape index (κ3) is 2.90. The Kier molecular flexibility index (Phi) is 4.35. The van der Waals surface area contributed by atoms with Crippen molar-refractivity contribution in [2.24, 2.45) is 13.0 Å². The average Bonchev–Trinajstić information content (AvgIpc) is 2.71. The lowest BCUT2D eigenvalue weighted by molar-refractivity contribution is 0.154. The summed E-state index contributed by atoms with van der Waals surface area (Å²) in [7, 11) is 4.10. The zero-order valence-corrected chi connectivity index (χ0v) is 12.0. The molecule has 1 aromatic rings. The quantitative estimate of drug-likeness (QED) is 0.865. The molecular formula is C13H25N5. The number of nitrogens with zero attached hydrogens (tertiary/aromatic N) is 4. The molecule has 18 heavy (non-hydrogen) atoms. The van der Waals surface area contributed by atoms with Crippen molar-refractivity contribution in [3.05, 3.63) is 11.6 Å². The molecular weight excluding hydrogens is 226 g/mol. The van der Waals surface area contributed by atoms with Gasteiger partial charge in [0.2, 0.25) is 0 Å². The van der Waals surface area contributed by atoms with Crippen LogP contribution in [0.15, 0.2) is 0 Å². The van der Waals surface area contributed by atoms with E-state index in [9.17, 15) is 0 Å². The summed E-state index contributed by atoms with van der Waals surface area (Å²) < 4.78 is 2.09. The summed E-state index contributed by atoms with van der Waals surface area (Å²) in [5.74, 6) is 2.88. The minimum atomic E-state index is 0.629. The van der Waals surface area contributed by atoms with Crippen LogP contribution in [0.1, 0.15) is 31.4 Å². The average molecular weight is 251 g/mol. The van der Waals surface area contributed by atoms with Crippen molar-refractivity contribution in [1.29, 1.82) is 0 Å². The molecule has 1 aliphatic rings. The fraction of sp³-hybridized carbons (Fsp3) is 0.846. The van der Waals surface area contributed by atoms with E-state index >= 15 is 0 Å². The van der Waals surface area contributed by atoms with Crippen molar-refractivity contribution >= 4 is 0 Å². The number of aromatic nitrogens is 3. The molecule has 2 rings (SSSR count). The van der Waals surface area contributed by atoms with Gasteiger partial charge in [-0.2, -0.15) is 0 Å². The van der Waals surface area contributed by atoms with Crippen molar-refractivity contribution < 1.29 is 0 Å². The van der Waals surface area contributed by atoms with Gasteiger partial charge in [-0.05, 0) is 52.7 Å². The van der Waals surface area contributed by atoms with Gasteiger partial charge in [-0.1, -0.05) is 0 Å². The number of hydrogen-bond acceptors (Lipinski definition) is 4. The molecule has 0 saturated carbocycles. The Balaban J connectivity index is 1.85. The highest BCUT2D eigenvalue weighted by Crippen LogP contribution is 2.21. The van der Waals surface area contributed by atoms with Crippen LogP contribution in [0.25, 0.3) is 0 Å². The third-order valence-electron chi connectivity index (χ3n) is 4.34. The van der Waals surface area contributed by atoms with E-state index in [4.69, 9.17) is 0 Å². The van der Waals surface area contributed by atoms with E-state index in [1.807, 2.05) is 14.0 Å². The number of piperidine rings is 1. The van der Waals surface area contributed by atoms with Crippen LogP contribution in [0.5, 0.6) is 0 Å². The van der Waals surface area contributed by atoms with E-state index in [0.29, 0.717) is 6.04 Å². The van der Waals surface area contributed by atoms with E-state index < -0.39 is 0 Å². The van der Waals surface area contributed by atoms with E-state index in [-0.39, 0.29) is 0 Å². The molecule has 1 aliphatic heterocycles. The second-order valence-electron chi connectivity index (χ2n) is 5.41. The minimum Gasteiger partial charge on any atom is -0.317 e. The van der Waals surface area contributed by atoms with E-state index in [2.05, 4.69) is 39.0 Å². The smallest absolute Gasteiger partial charge is 0.146 e. The lowest BCUT2D eigenvalue weighted by Gasteiger charge is -2.34. The first-order valence-corrected chi connectivity index (χ1v) is 6.86. The second kappa shape index (κ2) is 5.80. The van der Waals surface area contributed by atoms with Crippen molar-refractivity contribution in [1.82, 2.24) is 25.0 Å². The van der Waals surface area contributed by atoms with Crippen molar-refractivity contribution in [2.75, 3.05) is 20.1 Å². The molecule has 0 bridgehead atoms. The van der Waals surface area contributed by atoms with Gasteiger partial charge in [0.15, 0.2) is 0 Å². The fourth-order valence-corrected chi connectivity index (χ4v) is 2.64. The Labute approximate surface area is 110 Å². The van der Waals surface area contributed by atoms with Crippen LogP contribution < -0.4 is 5.32 Å². The Morgan fingerprint density at radius 1 is 1.33 bits per heavy atom. The van der Waals surface area contributed by atoms with Crippen molar-refractivity contribution in [3.63, 3.8) is 0 Å². The predicted octanol–water partition coefficient (Wildman–Crippen LogP) is 0.943. The lowest BCUT2D eigenvalue weighted by atomic mass is 9.90. The molecule has 0 spiro atoms. The number of hydrogen-bond donors (Lipinski definition) is 1. The van der Waals surface area contributed by atoms with Gasteiger partial charge in [0.1, 0.15) is 11.6 Å². The summed E-state index contributed by atoms with van der Waals surface area (Å²) in [5.41, 5.74) is 0. The summed E-state index contributed by atoms with van der Waals surface area (Å²) in [4.78, 5) is 2.49. The van der Waals surface area contributed by atoms with E-state index in [1.165, 1.54) is 25.9 Å². The summed E-state index contributed by atoms with van der Waals surface area (Å²) in [6.07, 6.45) is 2.55. The highest BCUT2D eigenvalue weighted by molar-refractivity contribution is 4.93. The molecule has 2 heterocycles. The van der Waals surface area contributed by atoms with Gasteiger partial charge in [0.05, 0.1) is 6.54 Å². The zero-order chi connectivity index (χ0) is 13.1. The van der Waals surface area contributed by atoms with Crippen LogP contribution in [0.3, 0.4) is 0 Å². The Morgan fingerprint density at radius 3 is 2.50 bits per heavy atom. The summed E-state index contributed by atoms with van der Waals surface area (Å²) >= 11 is 0. The monoisotopic (exact) mass is 251 g/mol. The Bertz CT molecular complexity index is 379. The molecule has 0 aliphatic carbocycles. The zero-order valence-electron chi connectivity index (χ0n) is 12.0. The Hall–Kier alpha value is -0.940. The third-order valence-corrected chi connectivity index (χ3v) is 4.34. The van der Waals surface area contributed by atoms with Gasteiger partial charge in [-0.25, -0.2) is 0 Å². The molecule has 1 unspecified atom stereocenters. The normalized spacial score (nSPS) is 20.2. The van der Waals surface area contributed by atoms with E-state index in [0.717, 1.165) is 24.1 Å². The van der Waals surface area contributed by atoms with Gasteiger partial charge in [0, 0.05) is 13.1 Å². The molecule has 1 fully saturated rings. The molecule has 0 aromatic carbocycles. The lowest BCUT2D eigenvalue weighted by Crippen LogP contribution is -2.40. The molecule has 0 radical (unpaired) electrons. The van der Waals surface area contributed by atoms with Crippen LogP contribution >= 0.6 is 0 Å². The maximum atomic E-state index is 4.24. The van der Waals surface area contributed by atoms with E-state index in [1.54, 1.807) is 0 Å². The number of aryl methyl sites for hydroxylation is 1. The predicted molar refractivity (Wildman–Crippen MR) is 72.3 cm³/mol. The highest BCUT2D eigenvalue weighted by atomic mass is 15.3. The maximum Gasteiger partial charge on any atom is 0.146 e. The largest absolute Gasteiger partial charge is 0.317 e. The maximum absolute atomic E-state index is 4.24. The van der Waals surface area contributed by atoms with Crippen molar-refractivity contribution in [2.45, 2.75) is 39.3 Å². The number of rotatable bonds is 4. The molecule has 5 nitrogen and oxygen atoms in total. The summed E-state index contributed by atoms with van der Waals surface area (Å²) in [6, 6.07) is 0.629. The molecule has 102 valence electrons. The molecule has 5 heteroatoms. The molecule has 1 N–H and O–H groups in total. The highest BCUT2D eigenvalue weighted by Gasteiger charge is 2.23. The summed E-state index contributed by atoms with van der Waals surface area (Å²) in [6.45, 7) is 7.55. The van der Waals surface area contributed by atoms with Crippen LogP contribution in [0.4, 0.5) is 0 Å². The summed E-state index contributed by atoms with van der Waals surface area (Å²) in [5, 5.41) is 11.7. The van der Waals surface area contributed by atoms with Gasteiger partial charge >= 0.3 is 0 Å². The van der Waals surface area contributed by atoms with Crippen LogP contribution in [0, 0.1) is 12.8 Å². The molecule has 1 aromatic heterocycles. The first-order chi connectivity index (χ1) is 8.61. The fourth-order valence-electron chi connectivity index (χ4n) is 2.64. The minimum absolute atomic E-state index is 0.629. The first kappa shape index (κ1) is 13.5. The topological polar surface area (TPSA) is 46.0 Å². The van der Waals surface area contributed by atoms with Crippen LogP contribution in [0.2, 0.25) is 0 Å². The van der Waals surface area contributed by atoms with Crippen LogP contribution in [-0.4, -0.2) is 45.8 Å². The number of likely N-dealkylation sites (tertiary alicyclic amines) is 1. The van der Waals surface area contributed by atoms with Crippen LogP contribution in [-0.2, 0) is 13.6 Å². The van der Waals surface area contributed by atoms with Crippen molar-refractivity contribution in [3.8, 4) is 0 Å². The Morgan fingerprint density at radius 2 is 2.00 bits per heavy atom. The standard InChI is InChI=1S/C13H25N5/c1-10(14-3)12-5-7-18(8-6-12)9-13-16-15-11(2)17(13)4/h10,12,14H,5-9H2,1-4H3. The molecule has 1 atom stereocenters. The van der Waals surface area contributed by atoms with Gasteiger partial charge < -0.3 is 9.88 Å². The molecule has 1 saturated heterocycles. The SMILES string of the molecule is CNC(C)C1CCN(Cc2nnc(C)n2C)CC1. The van der Waals surface area contributed by atoms with Gasteiger partial charge in [0.25, 0.3) is 0 Å². The first-order valence-electron chi connectivity index (χ1n) is 6.86. The number of nitrogens with one attached hydrogen (secondary N) is 1. The second-order valence-corrected chi connectivity index (χ2v) is 5.41. The molecule has 0 amide bonds. The van der Waals surface area contributed by atoms with Gasteiger partial charge in [-0.15, -0.1) is 10.2 Å².